The molecule has 35 heavy (non-hydrogen) atoms. The van der Waals surface area contributed by atoms with E-state index >= 15 is 0 Å². The van der Waals surface area contributed by atoms with Gasteiger partial charge in [0.15, 0.2) is 0 Å². The van der Waals surface area contributed by atoms with Gasteiger partial charge >= 0.3 is 0 Å². The topological polar surface area (TPSA) is 91.4 Å². The van der Waals surface area contributed by atoms with Crippen LogP contribution in [0.25, 0.3) is 0 Å². The number of benzene rings is 2. The zero-order valence-electron chi connectivity index (χ0n) is 20.1. The molecule has 0 saturated heterocycles. The van der Waals surface area contributed by atoms with Gasteiger partial charge < -0.3 is 15.5 Å². The fourth-order valence-electron chi connectivity index (χ4n) is 3.60. The third kappa shape index (κ3) is 8.03. The molecule has 1 aromatic heterocycles. The Morgan fingerprint density at radius 3 is 2.20 bits per heavy atom. The second-order valence-corrected chi connectivity index (χ2v) is 8.50. The molecule has 0 spiro atoms. The highest BCUT2D eigenvalue weighted by Gasteiger charge is 2.21. The van der Waals surface area contributed by atoms with Crippen molar-refractivity contribution in [3.63, 3.8) is 0 Å². The van der Waals surface area contributed by atoms with E-state index < -0.39 is 0 Å². The molecule has 1 heterocycles. The van der Waals surface area contributed by atoms with Crippen molar-refractivity contribution in [2.24, 2.45) is 0 Å². The maximum atomic E-state index is 13.1. The first kappa shape index (κ1) is 25.6. The molecule has 7 nitrogen and oxygen atoms in total. The van der Waals surface area contributed by atoms with Gasteiger partial charge in [-0.3, -0.25) is 14.4 Å². The molecule has 0 radical (unpaired) electrons. The Labute approximate surface area is 204 Å². The lowest BCUT2D eigenvalue weighted by Crippen LogP contribution is -2.41. The molecule has 0 bridgehead atoms. The smallest absolute Gasteiger partial charge is 0.240 e. The second-order valence-electron chi connectivity index (χ2n) is 8.50. The molecule has 2 N–H and O–H groups in total. The van der Waals surface area contributed by atoms with Crippen molar-refractivity contribution in [1.29, 1.82) is 0 Å². The van der Waals surface area contributed by atoms with Gasteiger partial charge in [-0.15, -0.1) is 0 Å². The van der Waals surface area contributed by atoms with Gasteiger partial charge in [0.1, 0.15) is 18.2 Å². The molecule has 0 aliphatic rings. The minimum atomic E-state index is -0.366. The maximum Gasteiger partial charge on any atom is 0.240 e. The van der Waals surface area contributed by atoms with E-state index in [0.29, 0.717) is 11.5 Å². The Kier molecular flexibility index (Phi) is 8.67. The number of carbonyl (C=O) groups excluding carboxylic acids is 3. The van der Waals surface area contributed by atoms with E-state index in [9.17, 15) is 18.8 Å². The number of nitrogens with one attached hydrogen (secondary N) is 2. The predicted octanol–water partition coefficient (Wildman–Crippen LogP) is 4.21. The van der Waals surface area contributed by atoms with Crippen molar-refractivity contribution in [1.82, 2.24) is 10.3 Å². The zero-order valence-corrected chi connectivity index (χ0v) is 20.1. The molecule has 3 aromatic rings. The molecule has 3 rings (SSSR count). The molecule has 2 aromatic carbocycles. The summed E-state index contributed by atoms with van der Waals surface area (Å²) in [5.41, 5.74) is 4.19. The minimum absolute atomic E-state index is 0.0487. The van der Waals surface area contributed by atoms with Crippen LogP contribution in [0.5, 0.6) is 0 Å². The Morgan fingerprint density at radius 2 is 1.54 bits per heavy atom. The molecular weight excluding hydrogens is 447 g/mol. The molecule has 0 aliphatic carbocycles. The quantitative estimate of drug-likeness (QED) is 0.484. The van der Waals surface area contributed by atoms with Crippen LogP contribution in [0.1, 0.15) is 35.1 Å². The molecule has 0 fully saturated rings. The van der Waals surface area contributed by atoms with Gasteiger partial charge in [-0.25, -0.2) is 9.37 Å². The Bertz CT molecular complexity index is 1190. The Balaban J connectivity index is 1.66. The lowest BCUT2D eigenvalue weighted by molar-refractivity contribution is -0.125. The number of carbonyl (C=O) groups is 3. The number of amides is 3. The number of anilines is 2. The van der Waals surface area contributed by atoms with Crippen LogP contribution in [0, 0.1) is 26.6 Å². The molecule has 3 amide bonds. The van der Waals surface area contributed by atoms with Crippen molar-refractivity contribution in [2.75, 3.05) is 16.8 Å². The van der Waals surface area contributed by atoms with E-state index in [2.05, 4.69) is 15.6 Å². The van der Waals surface area contributed by atoms with Crippen molar-refractivity contribution < 1.29 is 18.8 Å². The number of pyridine rings is 1. The molecule has 0 unspecified atom stereocenters. The average molecular weight is 477 g/mol. The molecule has 0 saturated carbocycles. The number of hydrogen-bond donors (Lipinski definition) is 2. The van der Waals surface area contributed by atoms with Crippen LogP contribution in [0.15, 0.2) is 60.8 Å². The van der Waals surface area contributed by atoms with Gasteiger partial charge in [-0.05, 0) is 79.4 Å². The van der Waals surface area contributed by atoms with Crippen LogP contribution in [0.2, 0.25) is 0 Å². The third-order valence-electron chi connectivity index (χ3n) is 5.27. The van der Waals surface area contributed by atoms with Crippen molar-refractivity contribution in [3.8, 4) is 0 Å². The van der Waals surface area contributed by atoms with Crippen LogP contribution in [0.4, 0.5) is 15.9 Å². The largest absolute Gasteiger partial charge is 0.350 e. The van der Waals surface area contributed by atoms with Gasteiger partial charge in [0, 0.05) is 31.3 Å². The fraction of sp³-hybridized carbons (Fsp3) is 0.259. The van der Waals surface area contributed by atoms with Crippen molar-refractivity contribution >= 4 is 29.2 Å². The summed E-state index contributed by atoms with van der Waals surface area (Å²) in [7, 11) is 0. The second kappa shape index (κ2) is 11.9. The van der Waals surface area contributed by atoms with Gasteiger partial charge in [0.05, 0.1) is 0 Å². The normalized spacial score (nSPS) is 10.5. The maximum absolute atomic E-state index is 13.1. The number of nitrogens with zero attached hydrogens (tertiary/aromatic N) is 2. The molecule has 0 aliphatic heterocycles. The molecular formula is C27H29FN4O3. The van der Waals surface area contributed by atoms with E-state index in [0.717, 1.165) is 22.3 Å². The zero-order chi connectivity index (χ0) is 25.4. The van der Waals surface area contributed by atoms with Crippen LogP contribution in [-0.4, -0.2) is 29.3 Å². The highest BCUT2D eigenvalue weighted by molar-refractivity contribution is 6.01. The minimum Gasteiger partial charge on any atom is -0.350 e. The van der Waals surface area contributed by atoms with Crippen molar-refractivity contribution in [3.05, 3.63) is 88.9 Å². The predicted molar refractivity (Wildman–Crippen MR) is 133 cm³/mol. The molecule has 182 valence electrons. The highest BCUT2D eigenvalue weighted by atomic mass is 19.1. The summed E-state index contributed by atoms with van der Waals surface area (Å²) in [6.07, 6.45) is 1.48. The van der Waals surface area contributed by atoms with Gasteiger partial charge in [0.25, 0.3) is 0 Å². The number of aromatic nitrogens is 1. The van der Waals surface area contributed by atoms with E-state index in [1.54, 1.807) is 24.4 Å². The SMILES string of the molecule is Cc1cc(C)cc(N(CC(=O)NCc2ccc(F)cc2)C(=O)CCC(=O)Nc2cc(C)ccn2)c1. The summed E-state index contributed by atoms with van der Waals surface area (Å²) >= 11 is 0. The van der Waals surface area contributed by atoms with Crippen LogP contribution in [-0.2, 0) is 20.9 Å². The van der Waals surface area contributed by atoms with E-state index in [4.69, 9.17) is 0 Å². The number of aryl methyl sites for hydroxylation is 3. The van der Waals surface area contributed by atoms with Crippen LogP contribution < -0.4 is 15.5 Å². The van der Waals surface area contributed by atoms with Gasteiger partial charge in [-0.1, -0.05) is 18.2 Å². The monoisotopic (exact) mass is 476 g/mol. The molecule has 0 atom stereocenters. The number of halogens is 1. The van der Waals surface area contributed by atoms with Crippen LogP contribution in [0.3, 0.4) is 0 Å². The first-order valence-electron chi connectivity index (χ1n) is 11.3. The first-order valence-corrected chi connectivity index (χ1v) is 11.3. The van der Waals surface area contributed by atoms with Gasteiger partial charge in [-0.2, -0.15) is 0 Å². The summed E-state index contributed by atoms with van der Waals surface area (Å²) in [5.74, 6) is -0.977. The van der Waals surface area contributed by atoms with E-state index in [1.807, 2.05) is 45.0 Å². The lowest BCUT2D eigenvalue weighted by Gasteiger charge is -2.23. The fourth-order valence-corrected chi connectivity index (χ4v) is 3.60. The van der Waals surface area contributed by atoms with E-state index in [1.165, 1.54) is 17.0 Å². The van der Waals surface area contributed by atoms with E-state index in [-0.39, 0.29) is 49.5 Å². The lowest BCUT2D eigenvalue weighted by atomic mass is 10.1. The first-order chi connectivity index (χ1) is 16.7. The standard InChI is InChI=1S/C27H29FN4O3/c1-18-10-11-29-24(15-18)31-25(33)8-9-27(35)32(23-13-19(2)12-20(3)14-23)17-26(34)30-16-21-4-6-22(28)7-5-21/h4-7,10-15H,8-9,16-17H2,1-3H3,(H,30,34)(H,29,31,33). The van der Waals surface area contributed by atoms with Crippen molar-refractivity contribution in [2.45, 2.75) is 40.2 Å². The van der Waals surface area contributed by atoms with Gasteiger partial charge in [0.2, 0.25) is 17.7 Å². The number of hydrogen-bond acceptors (Lipinski definition) is 4. The summed E-state index contributed by atoms with van der Waals surface area (Å²) in [6.45, 7) is 5.72. The van der Waals surface area contributed by atoms with Crippen LogP contribution >= 0.6 is 0 Å². The summed E-state index contributed by atoms with van der Waals surface area (Å²) in [5, 5.41) is 5.45. The number of rotatable bonds is 9. The summed E-state index contributed by atoms with van der Waals surface area (Å²) in [6, 6.07) is 15.0. The molecule has 8 heteroatoms. The Morgan fingerprint density at radius 1 is 0.857 bits per heavy atom. The Hall–Kier alpha value is -4.07. The third-order valence-corrected chi connectivity index (χ3v) is 5.27. The summed E-state index contributed by atoms with van der Waals surface area (Å²) < 4.78 is 13.1. The highest BCUT2D eigenvalue weighted by Crippen LogP contribution is 2.20. The average Bonchev–Trinajstić information content (AvgIpc) is 2.80. The summed E-state index contributed by atoms with van der Waals surface area (Å²) in [4.78, 5) is 43.7.